The Hall–Kier alpha value is -1.10. The lowest BCUT2D eigenvalue weighted by Gasteiger charge is -2.35. The van der Waals surface area contributed by atoms with Crippen LogP contribution in [0.1, 0.15) is 38.8 Å². The molecule has 0 spiro atoms. The Kier molecular flexibility index (Phi) is 4.91. The largest absolute Gasteiger partial charge is 0.468 e. The second kappa shape index (κ2) is 6.34. The molecule has 116 valence electrons. The van der Waals surface area contributed by atoms with Crippen molar-refractivity contribution in [2.45, 2.75) is 50.3 Å². The fourth-order valence-electron chi connectivity index (χ4n) is 2.59. The van der Waals surface area contributed by atoms with Crippen molar-refractivity contribution >= 4 is 17.6 Å². The lowest BCUT2D eigenvalue weighted by Crippen LogP contribution is -2.41. The summed E-state index contributed by atoms with van der Waals surface area (Å²) in [5, 5.41) is 1.14. The average Bonchev–Trinajstić information content (AvgIpc) is 2.92. The van der Waals surface area contributed by atoms with Crippen LogP contribution in [-0.4, -0.2) is 35.2 Å². The highest BCUT2D eigenvalue weighted by molar-refractivity contribution is 6.30. The summed E-state index contributed by atoms with van der Waals surface area (Å²) in [6, 6.07) is 10.2. The third kappa shape index (κ3) is 3.57. The molecule has 0 bridgehead atoms. The number of esters is 1. The van der Waals surface area contributed by atoms with Crippen LogP contribution in [0.15, 0.2) is 30.3 Å². The van der Waals surface area contributed by atoms with Crippen molar-refractivity contribution in [1.29, 1.82) is 0 Å². The molecule has 0 amide bonds. The van der Waals surface area contributed by atoms with Gasteiger partial charge in [-0.2, -0.15) is 5.06 Å². The first-order valence-corrected chi connectivity index (χ1v) is 7.51. The Bertz CT molecular complexity index is 486. The molecule has 3 atom stereocenters. The minimum absolute atomic E-state index is 0.0714. The molecule has 1 aliphatic rings. The van der Waals surface area contributed by atoms with Gasteiger partial charge in [-0.3, -0.25) is 9.63 Å². The first-order chi connectivity index (χ1) is 9.84. The van der Waals surface area contributed by atoms with Gasteiger partial charge >= 0.3 is 5.97 Å². The summed E-state index contributed by atoms with van der Waals surface area (Å²) in [5.74, 6) is -0.454. The van der Waals surface area contributed by atoms with Crippen LogP contribution in [0, 0.1) is 0 Å². The topological polar surface area (TPSA) is 38.8 Å². The number of carbonyl (C=O) groups excluding carboxylic acids is 1. The zero-order chi connectivity index (χ0) is 15.6. The fourth-order valence-corrected chi connectivity index (χ4v) is 2.83. The van der Waals surface area contributed by atoms with Crippen LogP contribution >= 0.6 is 11.6 Å². The summed E-state index contributed by atoms with van der Waals surface area (Å²) < 4.78 is 4.72. The number of hydroxylamine groups is 2. The molecule has 1 saturated heterocycles. The van der Waals surface area contributed by atoms with E-state index < -0.39 is 11.3 Å². The molecule has 4 nitrogen and oxygen atoms in total. The summed E-state index contributed by atoms with van der Waals surface area (Å²) in [4.78, 5) is 17.6. The van der Waals surface area contributed by atoms with Gasteiger partial charge in [-0.05, 0) is 32.8 Å². The number of methoxy groups -OCH3 is 1. The van der Waals surface area contributed by atoms with Crippen LogP contribution in [0.4, 0.5) is 0 Å². The predicted molar refractivity (Wildman–Crippen MR) is 81.9 cm³/mol. The van der Waals surface area contributed by atoms with Gasteiger partial charge in [0.15, 0.2) is 5.38 Å². The van der Waals surface area contributed by atoms with Gasteiger partial charge in [0.1, 0.15) is 6.10 Å². The number of alkyl halides is 1. The molecular formula is C16H22ClNO3. The highest BCUT2D eigenvalue weighted by atomic mass is 35.5. The zero-order valence-corrected chi connectivity index (χ0v) is 13.6. The molecule has 2 rings (SSSR count). The summed E-state index contributed by atoms with van der Waals surface area (Å²) in [7, 11) is 1.34. The highest BCUT2D eigenvalue weighted by Crippen LogP contribution is 2.41. The van der Waals surface area contributed by atoms with E-state index in [0.29, 0.717) is 6.42 Å². The number of hydrogen-bond acceptors (Lipinski definition) is 4. The third-order valence-corrected chi connectivity index (χ3v) is 4.05. The van der Waals surface area contributed by atoms with E-state index in [1.54, 1.807) is 0 Å². The van der Waals surface area contributed by atoms with Crippen molar-refractivity contribution in [3.05, 3.63) is 35.9 Å². The van der Waals surface area contributed by atoms with E-state index in [1.807, 2.05) is 23.3 Å². The number of nitrogens with zero attached hydrogens (tertiary/aromatic N) is 1. The fraction of sp³-hybridized carbons (Fsp3) is 0.562. The van der Waals surface area contributed by atoms with Crippen molar-refractivity contribution in [2.75, 3.05) is 7.11 Å². The number of halogens is 1. The van der Waals surface area contributed by atoms with E-state index in [1.165, 1.54) is 7.11 Å². The molecule has 3 unspecified atom stereocenters. The maximum Gasteiger partial charge on any atom is 0.326 e. The number of hydrogen-bond donors (Lipinski definition) is 0. The zero-order valence-electron chi connectivity index (χ0n) is 12.9. The van der Waals surface area contributed by atoms with Gasteiger partial charge in [-0.25, -0.2) is 0 Å². The smallest absolute Gasteiger partial charge is 0.326 e. The molecule has 0 saturated carbocycles. The molecule has 1 heterocycles. The van der Waals surface area contributed by atoms with Crippen LogP contribution < -0.4 is 0 Å². The van der Waals surface area contributed by atoms with Gasteiger partial charge in [0, 0.05) is 5.54 Å². The van der Waals surface area contributed by atoms with E-state index in [0.717, 1.165) is 5.56 Å². The molecule has 0 aliphatic carbocycles. The predicted octanol–water partition coefficient (Wildman–Crippen LogP) is 3.31. The monoisotopic (exact) mass is 311 g/mol. The van der Waals surface area contributed by atoms with Crippen molar-refractivity contribution in [2.24, 2.45) is 0 Å². The second-order valence-corrected chi connectivity index (χ2v) is 6.70. The molecule has 0 aromatic heterocycles. The van der Waals surface area contributed by atoms with Crippen LogP contribution in [0.3, 0.4) is 0 Å². The summed E-state index contributed by atoms with van der Waals surface area (Å²) in [5.41, 5.74) is 0.964. The van der Waals surface area contributed by atoms with E-state index in [4.69, 9.17) is 21.2 Å². The normalized spacial score (nSPS) is 24.8. The molecule has 1 aromatic carbocycles. The lowest BCUT2D eigenvalue weighted by molar-refractivity contribution is -0.214. The Balaban J connectivity index is 2.24. The van der Waals surface area contributed by atoms with Crippen molar-refractivity contribution in [1.82, 2.24) is 5.06 Å². The quantitative estimate of drug-likeness (QED) is 0.634. The third-order valence-electron chi connectivity index (χ3n) is 3.59. The summed E-state index contributed by atoms with van der Waals surface area (Å²) in [6.45, 7) is 6.23. The standard InChI is InChI=1S/C16H22ClNO3/c1-16(2,3)18-12(11-8-6-5-7-9-11)10-13(21-18)14(17)15(19)20-4/h5-9,12-14H,10H2,1-4H3. The molecule has 1 aromatic rings. The maximum atomic E-state index is 11.6. The Morgan fingerprint density at radius 2 is 2.00 bits per heavy atom. The van der Waals surface area contributed by atoms with E-state index in [-0.39, 0.29) is 17.7 Å². The van der Waals surface area contributed by atoms with E-state index in [9.17, 15) is 4.79 Å². The van der Waals surface area contributed by atoms with Gasteiger partial charge < -0.3 is 4.74 Å². The van der Waals surface area contributed by atoms with Crippen LogP contribution in [0.5, 0.6) is 0 Å². The van der Waals surface area contributed by atoms with Gasteiger partial charge in [0.05, 0.1) is 13.2 Å². The Labute approximate surface area is 130 Å². The summed E-state index contributed by atoms with van der Waals surface area (Å²) >= 11 is 6.18. The second-order valence-electron chi connectivity index (χ2n) is 6.23. The van der Waals surface area contributed by atoms with Gasteiger partial charge in [0.25, 0.3) is 0 Å². The molecule has 21 heavy (non-hydrogen) atoms. The van der Waals surface area contributed by atoms with Crippen LogP contribution in [0.25, 0.3) is 0 Å². The summed E-state index contributed by atoms with van der Waals surface area (Å²) in [6.07, 6.45) is 0.272. The first-order valence-electron chi connectivity index (χ1n) is 7.07. The van der Waals surface area contributed by atoms with E-state index in [2.05, 4.69) is 32.9 Å². The molecule has 5 heteroatoms. The maximum absolute atomic E-state index is 11.6. The van der Waals surface area contributed by atoms with Crippen molar-refractivity contribution in [3.8, 4) is 0 Å². The average molecular weight is 312 g/mol. The van der Waals surface area contributed by atoms with Gasteiger partial charge in [-0.1, -0.05) is 30.3 Å². The Morgan fingerprint density at radius 1 is 1.38 bits per heavy atom. The molecule has 0 N–H and O–H groups in total. The van der Waals surface area contributed by atoms with Gasteiger partial charge in [0.2, 0.25) is 0 Å². The minimum atomic E-state index is -0.798. The minimum Gasteiger partial charge on any atom is -0.468 e. The van der Waals surface area contributed by atoms with E-state index >= 15 is 0 Å². The molecule has 0 radical (unpaired) electrons. The van der Waals surface area contributed by atoms with Crippen LogP contribution in [-0.2, 0) is 14.4 Å². The number of rotatable bonds is 3. The lowest BCUT2D eigenvalue weighted by atomic mass is 9.97. The number of ether oxygens (including phenoxy) is 1. The number of carbonyl (C=O) groups is 1. The Morgan fingerprint density at radius 3 is 2.52 bits per heavy atom. The molecule has 1 fully saturated rings. The van der Waals surface area contributed by atoms with Crippen LogP contribution in [0.2, 0.25) is 0 Å². The van der Waals surface area contributed by atoms with Gasteiger partial charge in [-0.15, -0.1) is 11.6 Å². The number of benzene rings is 1. The van der Waals surface area contributed by atoms with Crippen molar-refractivity contribution < 1.29 is 14.4 Å². The first kappa shape index (κ1) is 16.3. The SMILES string of the molecule is COC(=O)C(Cl)C1CC(c2ccccc2)N(C(C)(C)C)O1. The van der Waals surface area contributed by atoms with Crippen molar-refractivity contribution in [3.63, 3.8) is 0 Å². The highest BCUT2D eigenvalue weighted by Gasteiger charge is 2.45. The molecule has 1 aliphatic heterocycles. The molecular weight excluding hydrogens is 290 g/mol.